The first-order valence-corrected chi connectivity index (χ1v) is 6.60. The van der Waals surface area contributed by atoms with Crippen LogP contribution in [0.15, 0.2) is 0 Å². The minimum Gasteiger partial charge on any atom is -0.301 e. The molecule has 0 spiro atoms. The van der Waals surface area contributed by atoms with Crippen LogP contribution in [0.5, 0.6) is 0 Å². The number of nitrogens with zero attached hydrogens (tertiary/aromatic N) is 2. The lowest BCUT2D eigenvalue weighted by Crippen LogP contribution is -2.46. The van der Waals surface area contributed by atoms with Crippen molar-refractivity contribution in [3.63, 3.8) is 0 Å². The Morgan fingerprint density at radius 2 is 1.40 bits per heavy atom. The van der Waals surface area contributed by atoms with Gasteiger partial charge in [0.15, 0.2) is 0 Å². The van der Waals surface area contributed by atoms with Gasteiger partial charge in [-0.15, -0.1) is 0 Å². The highest BCUT2D eigenvalue weighted by Gasteiger charge is 2.15. The summed E-state index contributed by atoms with van der Waals surface area (Å²) in [7, 11) is 0. The Labute approximate surface area is 95.6 Å². The van der Waals surface area contributed by atoms with E-state index >= 15 is 0 Å². The van der Waals surface area contributed by atoms with E-state index in [-0.39, 0.29) is 0 Å². The van der Waals surface area contributed by atoms with Crippen LogP contribution in [0.4, 0.5) is 0 Å². The summed E-state index contributed by atoms with van der Waals surface area (Å²) in [6, 6.07) is 0. The summed E-state index contributed by atoms with van der Waals surface area (Å²) < 4.78 is 0. The SMILES string of the molecule is [CH2]CCCCN1CCN(CCCC)CC1. The average Bonchev–Trinajstić information content (AvgIpc) is 2.28. The monoisotopic (exact) mass is 211 g/mol. The predicted octanol–water partition coefficient (Wildman–Crippen LogP) is 2.41. The normalized spacial score (nSPS) is 19.6. The Bertz CT molecular complexity index is 139. The zero-order valence-corrected chi connectivity index (χ0v) is 10.4. The molecule has 0 N–H and O–H groups in total. The Kier molecular flexibility index (Phi) is 7.03. The Hall–Kier alpha value is -0.0800. The highest BCUT2D eigenvalue weighted by Crippen LogP contribution is 2.05. The number of hydrogen-bond acceptors (Lipinski definition) is 2. The standard InChI is InChI=1S/C13H27N2/c1-3-5-7-9-15-12-10-14(11-13-15)8-6-4-2/h1,3-13H2,2H3. The van der Waals surface area contributed by atoms with Crippen molar-refractivity contribution in [1.29, 1.82) is 0 Å². The van der Waals surface area contributed by atoms with Gasteiger partial charge in [-0.1, -0.05) is 33.1 Å². The fourth-order valence-electron chi connectivity index (χ4n) is 2.13. The molecule has 0 aliphatic carbocycles. The van der Waals surface area contributed by atoms with Gasteiger partial charge in [-0.3, -0.25) is 0 Å². The van der Waals surface area contributed by atoms with Crippen LogP contribution in [0.2, 0.25) is 0 Å². The molecule has 2 nitrogen and oxygen atoms in total. The maximum Gasteiger partial charge on any atom is 0.0110 e. The second-order valence-corrected chi connectivity index (χ2v) is 4.60. The number of hydrogen-bond donors (Lipinski definition) is 0. The summed E-state index contributed by atoms with van der Waals surface area (Å²) in [6.45, 7) is 13.9. The van der Waals surface area contributed by atoms with Crippen LogP contribution in [0.3, 0.4) is 0 Å². The quantitative estimate of drug-likeness (QED) is 0.597. The molecule has 0 unspecified atom stereocenters. The van der Waals surface area contributed by atoms with Gasteiger partial charge in [0.05, 0.1) is 0 Å². The summed E-state index contributed by atoms with van der Waals surface area (Å²) in [6.07, 6.45) is 6.40. The van der Waals surface area contributed by atoms with E-state index in [1.165, 1.54) is 65.0 Å². The molecule has 1 radical (unpaired) electrons. The van der Waals surface area contributed by atoms with Crippen molar-refractivity contribution in [3.05, 3.63) is 6.92 Å². The molecule has 0 aromatic rings. The highest BCUT2D eigenvalue weighted by molar-refractivity contribution is 4.71. The van der Waals surface area contributed by atoms with E-state index in [0.717, 1.165) is 6.42 Å². The van der Waals surface area contributed by atoms with Crippen molar-refractivity contribution in [2.24, 2.45) is 0 Å². The van der Waals surface area contributed by atoms with Gasteiger partial charge in [0.2, 0.25) is 0 Å². The maximum atomic E-state index is 3.89. The second kappa shape index (κ2) is 8.12. The number of rotatable bonds is 7. The largest absolute Gasteiger partial charge is 0.301 e. The lowest BCUT2D eigenvalue weighted by molar-refractivity contribution is 0.130. The first-order chi connectivity index (χ1) is 7.36. The Morgan fingerprint density at radius 1 is 0.867 bits per heavy atom. The summed E-state index contributed by atoms with van der Waals surface area (Å²) in [4.78, 5) is 5.22. The van der Waals surface area contributed by atoms with Gasteiger partial charge in [-0.25, -0.2) is 0 Å². The van der Waals surface area contributed by atoms with Crippen molar-refractivity contribution in [1.82, 2.24) is 9.80 Å². The number of piperazine rings is 1. The Morgan fingerprint density at radius 3 is 1.87 bits per heavy atom. The summed E-state index contributed by atoms with van der Waals surface area (Å²) in [5.74, 6) is 0. The van der Waals surface area contributed by atoms with Crippen LogP contribution in [-0.4, -0.2) is 49.1 Å². The smallest absolute Gasteiger partial charge is 0.0110 e. The molecular formula is C13H27N2. The van der Waals surface area contributed by atoms with E-state index in [1.807, 2.05) is 0 Å². The van der Waals surface area contributed by atoms with E-state index < -0.39 is 0 Å². The van der Waals surface area contributed by atoms with Crippen LogP contribution in [-0.2, 0) is 0 Å². The molecule has 1 aliphatic heterocycles. The molecule has 89 valence electrons. The molecule has 1 heterocycles. The van der Waals surface area contributed by atoms with Crippen molar-refractivity contribution >= 4 is 0 Å². The zero-order valence-electron chi connectivity index (χ0n) is 10.4. The van der Waals surface area contributed by atoms with Gasteiger partial charge >= 0.3 is 0 Å². The molecule has 1 saturated heterocycles. The first kappa shape index (κ1) is 13.0. The van der Waals surface area contributed by atoms with E-state index in [4.69, 9.17) is 0 Å². The third-order valence-electron chi connectivity index (χ3n) is 3.27. The van der Waals surface area contributed by atoms with Crippen molar-refractivity contribution < 1.29 is 0 Å². The molecule has 2 heteroatoms. The van der Waals surface area contributed by atoms with Gasteiger partial charge in [-0.05, 0) is 25.9 Å². The van der Waals surface area contributed by atoms with Gasteiger partial charge in [0.1, 0.15) is 0 Å². The fraction of sp³-hybridized carbons (Fsp3) is 0.923. The van der Waals surface area contributed by atoms with Gasteiger partial charge < -0.3 is 9.80 Å². The molecule has 0 aromatic carbocycles. The third kappa shape index (κ3) is 5.53. The fourth-order valence-corrected chi connectivity index (χ4v) is 2.13. The number of unbranched alkanes of at least 4 members (excludes halogenated alkanes) is 3. The average molecular weight is 211 g/mol. The lowest BCUT2D eigenvalue weighted by atomic mass is 10.2. The lowest BCUT2D eigenvalue weighted by Gasteiger charge is -2.34. The van der Waals surface area contributed by atoms with Crippen LogP contribution in [0.1, 0.15) is 39.0 Å². The predicted molar refractivity (Wildman–Crippen MR) is 67.0 cm³/mol. The van der Waals surface area contributed by atoms with E-state index in [0.29, 0.717) is 0 Å². The minimum absolute atomic E-state index is 1.09. The third-order valence-corrected chi connectivity index (χ3v) is 3.27. The highest BCUT2D eigenvalue weighted by atomic mass is 15.3. The van der Waals surface area contributed by atoms with Crippen molar-refractivity contribution in [2.75, 3.05) is 39.3 Å². The molecule has 15 heavy (non-hydrogen) atoms. The van der Waals surface area contributed by atoms with Crippen LogP contribution < -0.4 is 0 Å². The minimum atomic E-state index is 1.09. The van der Waals surface area contributed by atoms with Crippen molar-refractivity contribution in [3.8, 4) is 0 Å². The first-order valence-electron chi connectivity index (χ1n) is 6.60. The van der Waals surface area contributed by atoms with Gasteiger partial charge in [-0.2, -0.15) is 0 Å². The summed E-state index contributed by atoms with van der Waals surface area (Å²) in [5.41, 5.74) is 0. The van der Waals surface area contributed by atoms with Gasteiger partial charge in [0, 0.05) is 26.2 Å². The van der Waals surface area contributed by atoms with Crippen molar-refractivity contribution in [2.45, 2.75) is 39.0 Å². The molecule has 0 amide bonds. The summed E-state index contributed by atoms with van der Waals surface area (Å²) >= 11 is 0. The van der Waals surface area contributed by atoms with Crippen LogP contribution >= 0.6 is 0 Å². The van der Waals surface area contributed by atoms with E-state index in [9.17, 15) is 0 Å². The molecule has 0 bridgehead atoms. The van der Waals surface area contributed by atoms with E-state index in [1.54, 1.807) is 0 Å². The molecule has 1 fully saturated rings. The maximum absolute atomic E-state index is 3.89. The van der Waals surface area contributed by atoms with Crippen LogP contribution in [0.25, 0.3) is 0 Å². The van der Waals surface area contributed by atoms with E-state index in [2.05, 4.69) is 23.6 Å². The van der Waals surface area contributed by atoms with Gasteiger partial charge in [0.25, 0.3) is 0 Å². The molecule has 0 aromatic heterocycles. The van der Waals surface area contributed by atoms with Crippen LogP contribution in [0, 0.1) is 6.92 Å². The molecule has 1 aliphatic rings. The topological polar surface area (TPSA) is 6.48 Å². The summed E-state index contributed by atoms with van der Waals surface area (Å²) in [5, 5.41) is 0. The Balaban J connectivity index is 2.02. The molecule has 0 atom stereocenters. The second-order valence-electron chi connectivity index (χ2n) is 4.60. The molecular weight excluding hydrogens is 184 g/mol. The zero-order chi connectivity index (χ0) is 10.9. The molecule has 1 rings (SSSR count). The molecule has 0 saturated carbocycles.